The van der Waals surface area contributed by atoms with Gasteiger partial charge in [-0.1, -0.05) is 6.58 Å². The highest BCUT2D eigenvalue weighted by Gasteiger charge is 2.43. The van der Waals surface area contributed by atoms with E-state index in [1.165, 1.54) is 7.11 Å². The predicted molar refractivity (Wildman–Crippen MR) is 49.6 cm³/mol. The molecule has 0 bridgehead atoms. The van der Waals surface area contributed by atoms with E-state index in [4.69, 9.17) is 9.47 Å². The molecule has 0 saturated carbocycles. The number of aliphatic hydroxyl groups is 1. The fourth-order valence-corrected chi connectivity index (χ4v) is 1.38. The zero-order valence-corrected chi connectivity index (χ0v) is 8.95. The molecule has 8 heteroatoms. The van der Waals surface area contributed by atoms with Crippen LogP contribution in [0.1, 0.15) is 6.42 Å². The number of rotatable bonds is 2. The van der Waals surface area contributed by atoms with Crippen LogP contribution in [0.2, 0.25) is 0 Å². The molecule has 1 aliphatic rings. The number of amides is 1. The van der Waals surface area contributed by atoms with Gasteiger partial charge in [0.05, 0.1) is 6.04 Å². The van der Waals surface area contributed by atoms with Crippen LogP contribution in [0.15, 0.2) is 12.3 Å². The van der Waals surface area contributed by atoms with Gasteiger partial charge in [0.15, 0.2) is 0 Å². The van der Waals surface area contributed by atoms with Crippen LogP contribution < -0.4 is 5.32 Å². The van der Waals surface area contributed by atoms with Crippen molar-refractivity contribution < 1.29 is 32.5 Å². The Hall–Kier alpha value is -1.28. The van der Waals surface area contributed by atoms with Crippen LogP contribution in [-0.4, -0.2) is 42.7 Å². The minimum atomic E-state index is -5.00. The Balaban J connectivity index is 2.68. The fraction of sp³-hybridized carbons (Fsp3) is 0.667. The SMILES string of the molecule is C=C1O[C@H](OC)C[C@H](NC(=O)C(F)(F)F)[C@@H]1O. The molecule has 1 fully saturated rings. The van der Waals surface area contributed by atoms with Gasteiger partial charge in [0.25, 0.3) is 0 Å². The average molecular weight is 255 g/mol. The van der Waals surface area contributed by atoms with E-state index in [0.717, 1.165) is 0 Å². The normalized spacial score (nSPS) is 29.7. The number of aliphatic hydroxyl groups excluding tert-OH is 1. The van der Waals surface area contributed by atoms with Crippen LogP contribution >= 0.6 is 0 Å². The third-order valence-electron chi connectivity index (χ3n) is 2.28. The van der Waals surface area contributed by atoms with Crippen LogP contribution in [0.4, 0.5) is 13.2 Å². The maximum atomic E-state index is 12.0. The first-order chi connectivity index (χ1) is 7.75. The second-order valence-corrected chi connectivity index (χ2v) is 3.51. The molecule has 1 heterocycles. The standard InChI is InChI=1S/C9H12F3NO4/c1-4-7(14)5(3-6(16-2)17-4)13-8(15)9(10,11)12/h5-7,14H,1,3H2,2H3,(H,13,15)/t5-,6-,7+/m0/s1. The molecule has 2 N–H and O–H groups in total. The Bertz CT molecular complexity index is 318. The minimum Gasteiger partial charge on any atom is -0.467 e. The molecule has 0 aromatic heterocycles. The van der Waals surface area contributed by atoms with E-state index in [2.05, 4.69) is 6.58 Å². The van der Waals surface area contributed by atoms with Gasteiger partial charge in [0.1, 0.15) is 11.9 Å². The smallest absolute Gasteiger partial charge is 0.467 e. The molecule has 17 heavy (non-hydrogen) atoms. The van der Waals surface area contributed by atoms with Crippen LogP contribution in [0, 0.1) is 0 Å². The lowest BCUT2D eigenvalue weighted by molar-refractivity contribution is -0.180. The van der Waals surface area contributed by atoms with Crippen molar-refractivity contribution >= 4 is 5.91 Å². The van der Waals surface area contributed by atoms with Gasteiger partial charge in [-0.25, -0.2) is 0 Å². The quantitative estimate of drug-likeness (QED) is 0.744. The third kappa shape index (κ3) is 3.34. The highest BCUT2D eigenvalue weighted by atomic mass is 19.4. The van der Waals surface area contributed by atoms with E-state index < -0.39 is 30.5 Å². The molecular weight excluding hydrogens is 243 g/mol. The van der Waals surface area contributed by atoms with Crippen molar-refractivity contribution in [2.45, 2.75) is 31.0 Å². The molecule has 1 amide bonds. The first kappa shape index (κ1) is 13.8. The second kappa shape index (κ2) is 4.92. The summed E-state index contributed by atoms with van der Waals surface area (Å²) in [5.41, 5.74) is 0. The Morgan fingerprint density at radius 2 is 2.24 bits per heavy atom. The van der Waals surface area contributed by atoms with Gasteiger partial charge in [-0.2, -0.15) is 13.2 Å². The lowest BCUT2D eigenvalue weighted by Crippen LogP contribution is -2.53. The monoisotopic (exact) mass is 255 g/mol. The summed E-state index contributed by atoms with van der Waals surface area (Å²) in [6.45, 7) is 3.33. The summed E-state index contributed by atoms with van der Waals surface area (Å²) in [5.74, 6) is -2.26. The Morgan fingerprint density at radius 3 is 2.71 bits per heavy atom. The number of carbonyl (C=O) groups is 1. The highest BCUT2D eigenvalue weighted by Crippen LogP contribution is 2.24. The number of nitrogens with one attached hydrogen (secondary N) is 1. The summed E-state index contributed by atoms with van der Waals surface area (Å²) in [5, 5.41) is 11.2. The molecule has 1 aliphatic heterocycles. The number of hydrogen-bond acceptors (Lipinski definition) is 4. The first-order valence-corrected chi connectivity index (χ1v) is 4.69. The van der Waals surface area contributed by atoms with Gasteiger partial charge < -0.3 is 19.9 Å². The van der Waals surface area contributed by atoms with Crippen molar-refractivity contribution in [2.75, 3.05) is 7.11 Å². The van der Waals surface area contributed by atoms with Gasteiger partial charge >= 0.3 is 12.1 Å². The molecule has 0 spiro atoms. The zero-order valence-electron chi connectivity index (χ0n) is 8.95. The van der Waals surface area contributed by atoms with Crippen LogP contribution in [0.25, 0.3) is 0 Å². The maximum Gasteiger partial charge on any atom is 0.471 e. The summed E-state index contributed by atoms with van der Waals surface area (Å²) in [7, 11) is 1.29. The molecule has 98 valence electrons. The number of alkyl halides is 3. The molecule has 0 aromatic rings. The average Bonchev–Trinajstić information content (AvgIpc) is 2.22. The van der Waals surface area contributed by atoms with E-state index in [1.54, 1.807) is 5.32 Å². The lowest BCUT2D eigenvalue weighted by atomic mass is 10.0. The molecule has 1 rings (SSSR count). The summed E-state index contributed by atoms with van der Waals surface area (Å²) >= 11 is 0. The summed E-state index contributed by atoms with van der Waals surface area (Å²) in [6, 6.07) is -1.14. The Kier molecular flexibility index (Phi) is 3.99. The maximum absolute atomic E-state index is 12.0. The van der Waals surface area contributed by atoms with Gasteiger partial charge in [-0.15, -0.1) is 0 Å². The number of methoxy groups -OCH3 is 1. The molecular formula is C9H12F3NO4. The number of hydrogen-bond donors (Lipinski definition) is 2. The molecule has 0 aliphatic carbocycles. The van der Waals surface area contributed by atoms with Crippen LogP contribution in [0.5, 0.6) is 0 Å². The van der Waals surface area contributed by atoms with Crippen molar-refractivity contribution in [3.05, 3.63) is 12.3 Å². The Labute approximate surface area is 95.2 Å². The molecule has 0 unspecified atom stereocenters. The minimum absolute atomic E-state index is 0.0987. The Morgan fingerprint density at radius 1 is 1.65 bits per heavy atom. The first-order valence-electron chi connectivity index (χ1n) is 4.69. The van der Waals surface area contributed by atoms with Crippen LogP contribution in [0.3, 0.4) is 0 Å². The fourth-order valence-electron chi connectivity index (χ4n) is 1.38. The summed E-state index contributed by atoms with van der Waals surface area (Å²) in [4.78, 5) is 10.7. The van der Waals surface area contributed by atoms with Crippen molar-refractivity contribution in [3.63, 3.8) is 0 Å². The zero-order chi connectivity index (χ0) is 13.2. The third-order valence-corrected chi connectivity index (χ3v) is 2.28. The lowest BCUT2D eigenvalue weighted by Gasteiger charge is -2.34. The summed E-state index contributed by atoms with van der Waals surface area (Å²) in [6.07, 6.45) is -7.34. The second-order valence-electron chi connectivity index (χ2n) is 3.51. The van der Waals surface area contributed by atoms with Crippen molar-refractivity contribution in [3.8, 4) is 0 Å². The topological polar surface area (TPSA) is 67.8 Å². The van der Waals surface area contributed by atoms with E-state index in [-0.39, 0.29) is 12.2 Å². The molecule has 5 nitrogen and oxygen atoms in total. The number of halogens is 3. The number of carbonyl (C=O) groups excluding carboxylic acids is 1. The van der Waals surface area contributed by atoms with E-state index in [9.17, 15) is 23.1 Å². The molecule has 3 atom stereocenters. The van der Waals surface area contributed by atoms with E-state index in [0.29, 0.717) is 0 Å². The molecule has 1 saturated heterocycles. The van der Waals surface area contributed by atoms with E-state index >= 15 is 0 Å². The van der Waals surface area contributed by atoms with Gasteiger partial charge in [0, 0.05) is 13.5 Å². The van der Waals surface area contributed by atoms with Crippen LogP contribution in [-0.2, 0) is 14.3 Å². The molecule has 0 radical (unpaired) electrons. The van der Waals surface area contributed by atoms with E-state index in [1.807, 2.05) is 0 Å². The van der Waals surface area contributed by atoms with Crippen molar-refractivity contribution in [1.29, 1.82) is 0 Å². The highest BCUT2D eigenvalue weighted by molar-refractivity contribution is 5.82. The largest absolute Gasteiger partial charge is 0.471 e. The van der Waals surface area contributed by atoms with Crippen molar-refractivity contribution in [1.82, 2.24) is 5.32 Å². The van der Waals surface area contributed by atoms with Gasteiger partial charge in [0.2, 0.25) is 6.29 Å². The predicted octanol–water partition coefficient (Wildman–Crippen LogP) is 0.301. The van der Waals surface area contributed by atoms with Gasteiger partial charge in [-0.3, -0.25) is 4.79 Å². The number of ether oxygens (including phenoxy) is 2. The molecule has 0 aromatic carbocycles. The van der Waals surface area contributed by atoms with Crippen molar-refractivity contribution in [2.24, 2.45) is 0 Å². The van der Waals surface area contributed by atoms with Gasteiger partial charge in [-0.05, 0) is 0 Å². The summed E-state index contributed by atoms with van der Waals surface area (Å²) < 4.78 is 45.8.